The number of nitro benzene ring substituents is 1. The minimum absolute atomic E-state index is 0.0395. The Balaban J connectivity index is 2.23. The van der Waals surface area contributed by atoms with Crippen molar-refractivity contribution in [2.45, 2.75) is 37.8 Å². The van der Waals surface area contributed by atoms with Gasteiger partial charge in [0.15, 0.2) is 0 Å². The number of hydrogen-bond donors (Lipinski definition) is 1. The standard InChI is InChI=1S/C12H15FN2O3/c13-8-4-3-7-11(12(8)15(16)17)18-10-6-2-1-5-9(10)14/h3-4,7,9-10H,1-2,5-6,14H2. The van der Waals surface area contributed by atoms with Crippen molar-refractivity contribution in [3.63, 3.8) is 0 Å². The summed E-state index contributed by atoms with van der Waals surface area (Å²) < 4.78 is 18.9. The number of halogens is 1. The normalized spacial score (nSPS) is 23.7. The first-order valence-electron chi connectivity index (χ1n) is 5.94. The molecule has 0 radical (unpaired) electrons. The zero-order valence-corrected chi connectivity index (χ0v) is 9.84. The van der Waals surface area contributed by atoms with Crippen LogP contribution in [0.4, 0.5) is 10.1 Å². The molecule has 2 N–H and O–H groups in total. The molecule has 1 aromatic carbocycles. The van der Waals surface area contributed by atoms with Crippen molar-refractivity contribution in [3.8, 4) is 5.75 Å². The molecule has 1 fully saturated rings. The zero-order valence-electron chi connectivity index (χ0n) is 9.84. The van der Waals surface area contributed by atoms with Gasteiger partial charge in [-0.25, -0.2) is 0 Å². The molecule has 18 heavy (non-hydrogen) atoms. The Bertz CT molecular complexity index is 453. The molecule has 2 unspecified atom stereocenters. The Labute approximate surface area is 104 Å². The van der Waals surface area contributed by atoms with Crippen LogP contribution in [0.1, 0.15) is 25.7 Å². The summed E-state index contributed by atoms with van der Waals surface area (Å²) in [4.78, 5) is 10.1. The molecule has 6 heteroatoms. The van der Waals surface area contributed by atoms with Gasteiger partial charge in [-0.2, -0.15) is 4.39 Å². The second-order valence-corrected chi connectivity index (χ2v) is 4.45. The number of ether oxygens (including phenoxy) is 1. The van der Waals surface area contributed by atoms with Gasteiger partial charge in [0.05, 0.1) is 4.92 Å². The van der Waals surface area contributed by atoms with Crippen LogP contribution in [0.5, 0.6) is 5.75 Å². The Morgan fingerprint density at radius 2 is 2.11 bits per heavy atom. The fraction of sp³-hybridized carbons (Fsp3) is 0.500. The van der Waals surface area contributed by atoms with Crippen LogP contribution in [-0.2, 0) is 0 Å². The molecule has 0 bridgehead atoms. The van der Waals surface area contributed by atoms with Gasteiger partial charge >= 0.3 is 5.69 Å². The van der Waals surface area contributed by atoms with Crippen molar-refractivity contribution < 1.29 is 14.1 Å². The summed E-state index contributed by atoms with van der Waals surface area (Å²) in [6, 6.07) is 3.70. The van der Waals surface area contributed by atoms with Gasteiger partial charge in [0.1, 0.15) is 6.10 Å². The number of nitro groups is 1. The van der Waals surface area contributed by atoms with Crippen LogP contribution >= 0.6 is 0 Å². The second-order valence-electron chi connectivity index (χ2n) is 4.45. The van der Waals surface area contributed by atoms with E-state index in [-0.39, 0.29) is 17.9 Å². The quantitative estimate of drug-likeness (QED) is 0.663. The lowest BCUT2D eigenvalue weighted by Gasteiger charge is -2.28. The van der Waals surface area contributed by atoms with Crippen LogP contribution in [0.3, 0.4) is 0 Å². The number of nitrogens with zero attached hydrogens (tertiary/aromatic N) is 1. The molecule has 1 aromatic rings. The highest BCUT2D eigenvalue weighted by Crippen LogP contribution is 2.32. The molecule has 1 aliphatic carbocycles. The van der Waals surface area contributed by atoms with Gasteiger partial charge in [0.2, 0.25) is 11.6 Å². The maximum absolute atomic E-state index is 13.4. The van der Waals surface area contributed by atoms with E-state index in [2.05, 4.69) is 0 Å². The molecule has 5 nitrogen and oxygen atoms in total. The van der Waals surface area contributed by atoms with Crippen molar-refractivity contribution in [3.05, 3.63) is 34.1 Å². The van der Waals surface area contributed by atoms with E-state index in [0.717, 1.165) is 31.7 Å². The molecule has 98 valence electrons. The smallest absolute Gasteiger partial charge is 0.346 e. The molecule has 2 atom stereocenters. The number of benzene rings is 1. The summed E-state index contributed by atoms with van der Waals surface area (Å²) in [6.07, 6.45) is 3.30. The van der Waals surface area contributed by atoms with E-state index < -0.39 is 16.4 Å². The molecule has 0 aromatic heterocycles. The van der Waals surface area contributed by atoms with E-state index in [1.807, 2.05) is 0 Å². The number of hydrogen-bond acceptors (Lipinski definition) is 4. The molecular formula is C12H15FN2O3. The summed E-state index contributed by atoms with van der Waals surface area (Å²) in [5.74, 6) is -0.927. The lowest BCUT2D eigenvalue weighted by molar-refractivity contribution is -0.388. The summed E-state index contributed by atoms with van der Waals surface area (Å²) >= 11 is 0. The van der Waals surface area contributed by atoms with Crippen LogP contribution in [0.2, 0.25) is 0 Å². The van der Waals surface area contributed by atoms with Gasteiger partial charge in [0, 0.05) is 6.04 Å². The van der Waals surface area contributed by atoms with Gasteiger partial charge in [-0.3, -0.25) is 10.1 Å². The monoisotopic (exact) mass is 254 g/mol. The Morgan fingerprint density at radius 1 is 1.39 bits per heavy atom. The first-order valence-corrected chi connectivity index (χ1v) is 5.94. The molecular weight excluding hydrogens is 239 g/mol. The summed E-state index contributed by atoms with van der Waals surface area (Å²) in [5.41, 5.74) is 5.29. The average molecular weight is 254 g/mol. The van der Waals surface area contributed by atoms with E-state index >= 15 is 0 Å². The number of nitrogens with two attached hydrogens (primary N) is 1. The van der Waals surface area contributed by atoms with E-state index in [4.69, 9.17) is 10.5 Å². The molecule has 0 amide bonds. The molecule has 0 saturated heterocycles. The fourth-order valence-corrected chi connectivity index (χ4v) is 2.20. The predicted molar refractivity (Wildman–Crippen MR) is 63.9 cm³/mol. The van der Waals surface area contributed by atoms with E-state index in [1.54, 1.807) is 0 Å². The van der Waals surface area contributed by atoms with Gasteiger partial charge in [-0.05, 0) is 31.4 Å². The van der Waals surface area contributed by atoms with Crippen LogP contribution in [-0.4, -0.2) is 17.1 Å². The van der Waals surface area contributed by atoms with Gasteiger partial charge in [-0.1, -0.05) is 12.5 Å². The third-order valence-electron chi connectivity index (χ3n) is 3.16. The molecule has 0 spiro atoms. The van der Waals surface area contributed by atoms with Crippen molar-refractivity contribution in [1.29, 1.82) is 0 Å². The maximum atomic E-state index is 13.4. The third kappa shape index (κ3) is 2.59. The topological polar surface area (TPSA) is 78.4 Å². The van der Waals surface area contributed by atoms with Crippen molar-refractivity contribution in [1.82, 2.24) is 0 Å². The fourth-order valence-electron chi connectivity index (χ4n) is 2.20. The van der Waals surface area contributed by atoms with Crippen LogP contribution in [0.15, 0.2) is 18.2 Å². The SMILES string of the molecule is NC1CCCCC1Oc1cccc(F)c1[N+](=O)[O-]. The number of para-hydroxylation sites is 1. The van der Waals surface area contributed by atoms with Gasteiger partial charge in [-0.15, -0.1) is 0 Å². The Kier molecular flexibility index (Phi) is 3.76. The molecule has 1 aliphatic rings. The zero-order chi connectivity index (χ0) is 13.1. The third-order valence-corrected chi connectivity index (χ3v) is 3.16. The van der Waals surface area contributed by atoms with E-state index in [0.29, 0.717) is 0 Å². The largest absolute Gasteiger partial charge is 0.482 e. The van der Waals surface area contributed by atoms with Gasteiger partial charge in [0.25, 0.3) is 0 Å². The van der Waals surface area contributed by atoms with E-state index in [9.17, 15) is 14.5 Å². The maximum Gasteiger partial charge on any atom is 0.346 e. The first-order chi connectivity index (χ1) is 8.59. The first kappa shape index (κ1) is 12.8. The molecule has 0 aliphatic heterocycles. The Hall–Kier alpha value is -1.69. The lowest BCUT2D eigenvalue weighted by Crippen LogP contribution is -2.41. The molecule has 1 saturated carbocycles. The lowest BCUT2D eigenvalue weighted by atomic mass is 9.93. The average Bonchev–Trinajstić information content (AvgIpc) is 2.31. The van der Waals surface area contributed by atoms with Crippen molar-refractivity contribution in [2.24, 2.45) is 5.73 Å². The van der Waals surface area contributed by atoms with E-state index in [1.165, 1.54) is 12.1 Å². The number of rotatable bonds is 3. The van der Waals surface area contributed by atoms with Crippen molar-refractivity contribution in [2.75, 3.05) is 0 Å². The second kappa shape index (κ2) is 5.30. The predicted octanol–water partition coefficient (Wildman–Crippen LogP) is 2.38. The van der Waals surface area contributed by atoms with Crippen LogP contribution in [0.25, 0.3) is 0 Å². The summed E-state index contributed by atoms with van der Waals surface area (Å²) in [7, 11) is 0. The minimum atomic E-state index is -0.887. The highest BCUT2D eigenvalue weighted by atomic mass is 19.1. The van der Waals surface area contributed by atoms with Crippen molar-refractivity contribution >= 4 is 5.69 Å². The van der Waals surface area contributed by atoms with Crippen LogP contribution in [0, 0.1) is 15.9 Å². The van der Waals surface area contributed by atoms with Gasteiger partial charge < -0.3 is 10.5 Å². The highest BCUT2D eigenvalue weighted by molar-refractivity contribution is 5.47. The molecule has 0 heterocycles. The summed E-state index contributed by atoms with van der Waals surface area (Å²) in [6.45, 7) is 0. The summed E-state index contributed by atoms with van der Waals surface area (Å²) in [5, 5.41) is 10.8. The minimum Gasteiger partial charge on any atom is -0.482 e. The molecule has 2 rings (SSSR count). The highest BCUT2D eigenvalue weighted by Gasteiger charge is 2.28. The Morgan fingerprint density at radius 3 is 2.78 bits per heavy atom. The van der Waals surface area contributed by atoms with Crippen LogP contribution < -0.4 is 10.5 Å².